The van der Waals surface area contributed by atoms with Gasteiger partial charge >= 0.3 is 0 Å². The van der Waals surface area contributed by atoms with E-state index >= 15 is 0 Å². The Bertz CT molecular complexity index is 961. The number of carbonyl (C=O) groups excluding carboxylic acids is 2. The lowest BCUT2D eigenvalue weighted by Gasteiger charge is -2.24. The maximum absolute atomic E-state index is 13.3. The van der Waals surface area contributed by atoms with Crippen molar-refractivity contribution in [3.8, 4) is 0 Å². The van der Waals surface area contributed by atoms with E-state index in [4.69, 9.17) is 17.3 Å². The lowest BCUT2D eigenvalue weighted by molar-refractivity contribution is -0.121. The van der Waals surface area contributed by atoms with Crippen molar-refractivity contribution in [1.82, 2.24) is 0 Å². The second-order valence-electron chi connectivity index (χ2n) is 5.27. The first-order valence-electron chi connectivity index (χ1n) is 7.13. The number of amides is 2. The summed E-state index contributed by atoms with van der Waals surface area (Å²) in [6.45, 7) is 0.688. The molecule has 0 radical (unpaired) electrons. The van der Waals surface area contributed by atoms with Crippen LogP contribution in [0.2, 0.25) is 5.02 Å². The van der Waals surface area contributed by atoms with Crippen molar-refractivity contribution in [3.63, 3.8) is 0 Å². The number of nitrogens with zero attached hydrogens (tertiary/aromatic N) is 1. The van der Waals surface area contributed by atoms with Gasteiger partial charge in [0.05, 0.1) is 23.1 Å². The summed E-state index contributed by atoms with van der Waals surface area (Å²) in [4.78, 5) is 23.7. The molecular formula is C15H14ClFN2O5S2. The van der Waals surface area contributed by atoms with Crippen molar-refractivity contribution < 1.29 is 27.5 Å². The van der Waals surface area contributed by atoms with Gasteiger partial charge in [-0.05, 0) is 29.6 Å². The molecule has 0 aliphatic rings. The molecule has 7 nitrogen and oxygen atoms in total. The zero-order chi connectivity index (χ0) is 19.6. The summed E-state index contributed by atoms with van der Waals surface area (Å²) in [5, 5.41) is 9.97. The molecule has 0 aliphatic carbocycles. The van der Waals surface area contributed by atoms with Gasteiger partial charge in [0.15, 0.2) is 0 Å². The Hall–Kier alpha value is -2.01. The van der Waals surface area contributed by atoms with E-state index in [0.717, 1.165) is 29.5 Å². The lowest BCUT2D eigenvalue weighted by atomic mass is 10.2. The van der Waals surface area contributed by atoms with Gasteiger partial charge in [0, 0.05) is 0 Å². The molecule has 0 saturated heterocycles. The highest BCUT2D eigenvalue weighted by molar-refractivity contribution is 7.94. The number of halogens is 2. The number of anilines is 1. The molecule has 1 atom stereocenters. The standard InChI is InChI=1S/C15H14ClFN2O5S2/c1-8(7-20)14(22)19(15-10(13(18)21)4-5-25-15)26(23,24)12-3-2-9(17)6-11(12)16/h2-6,8,20H,7H2,1H3,(H2,18,21). The van der Waals surface area contributed by atoms with E-state index in [1.54, 1.807) is 0 Å². The Labute approximate surface area is 157 Å². The van der Waals surface area contributed by atoms with Crippen LogP contribution in [-0.4, -0.2) is 31.9 Å². The van der Waals surface area contributed by atoms with Crippen molar-refractivity contribution in [2.75, 3.05) is 10.9 Å². The van der Waals surface area contributed by atoms with E-state index in [-0.39, 0.29) is 10.6 Å². The zero-order valence-corrected chi connectivity index (χ0v) is 15.7. The number of aliphatic hydroxyl groups is 1. The van der Waals surface area contributed by atoms with E-state index < -0.39 is 50.1 Å². The van der Waals surface area contributed by atoms with Gasteiger partial charge in [0.1, 0.15) is 15.7 Å². The number of carbonyl (C=O) groups is 2. The molecule has 1 aromatic heterocycles. The van der Waals surface area contributed by atoms with Gasteiger partial charge in [-0.15, -0.1) is 11.3 Å². The van der Waals surface area contributed by atoms with Crippen molar-refractivity contribution in [3.05, 3.63) is 46.0 Å². The minimum absolute atomic E-state index is 0.185. The van der Waals surface area contributed by atoms with Gasteiger partial charge in [-0.3, -0.25) is 9.59 Å². The SMILES string of the molecule is CC(CO)C(=O)N(c1sccc1C(N)=O)S(=O)(=O)c1ccc(F)cc1Cl. The zero-order valence-electron chi connectivity index (χ0n) is 13.3. The Kier molecular flexibility index (Phi) is 6.02. The van der Waals surface area contributed by atoms with Crippen molar-refractivity contribution >= 4 is 49.8 Å². The van der Waals surface area contributed by atoms with Crippen molar-refractivity contribution in [1.29, 1.82) is 0 Å². The summed E-state index contributed by atoms with van der Waals surface area (Å²) in [7, 11) is -4.61. The smallest absolute Gasteiger partial charge is 0.273 e. The largest absolute Gasteiger partial charge is 0.396 e. The molecule has 2 aromatic rings. The first-order valence-corrected chi connectivity index (χ1v) is 9.83. The average molecular weight is 421 g/mol. The van der Waals surface area contributed by atoms with Crippen LogP contribution in [0.1, 0.15) is 17.3 Å². The highest BCUT2D eigenvalue weighted by atomic mass is 35.5. The first-order chi connectivity index (χ1) is 12.1. The topological polar surface area (TPSA) is 118 Å². The summed E-state index contributed by atoms with van der Waals surface area (Å²) in [5.41, 5.74) is 5.06. The highest BCUT2D eigenvalue weighted by Crippen LogP contribution is 2.35. The van der Waals surface area contributed by atoms with Crippen LogP contribution < -0.4 is 10.0 Å². The number of aliphatic hydroxyl groups excluding tert-OH is 1. The molecule has 26 heavy (non-hydrogen) atoms. The molecule has 0 saturated carbocycles. The number of nitrogens with two attached hydrogens (primary N) is 1. The Morgan fingerprint density at radius 1 is 1.38 bits per heavy atom. The number of primary amides is 1. The fourth-order valence-corrected chi connectivity index (χ4v) is 5.21. The molecule has 2 rings (SSSR count). The molecule has 140 valence electrons. The summed E-state index contributed by atoms with van der Waals surface area (Å²) < 4.78 is 39.8. The fourth-order valence-electron chi connectivity index (χ4n) is 2.03. The van der Waals surface area contributed by atoms with Gasteiger partial charge in [0.25, 0.3) is 15.9 Å². The lowest BCUT2D eigenvalue weighted by Crippen LogP contribution is -2.41. The average Bonchev–Trinajstić information content (AvgIpc) is 3.02. The van der Waals surface area contributed by atoms with Crippen molar-refractivity contribution in [2.24, 2.45) is 11.7 Å². The Morgan fingerprint density at radius 3 is 2.58 bits per heavy atom. The van der Waals surface area contributed by atoms with Crippen LogP contribution in [0.4, 0.5) is 9.39 Å². The molecular weight excluding hydrogens is 407 g/mol. The third kappa shape index (κ3) is 3.73. The van der Waals surface area contributed by atoms with Crippen LogP contribution in [0, 0.1) is 11.7 Å². The van der Waals surface area contributed by atoms with E-state index in [2.05, 4.69) is 0 Å². The van der Waals surface area contributed by atoms with Gasteiger partial charge < -0.3 is 10.8 Å². The third-order valence-corrected chi connectivity index (χ3v) is 6.60. The fraction of sp³-hybridized carbons (Fsp3) is 0.200. The maximum Gasteiger partial charge on any atom is 0.273 e. The molecule has 1 aromatic carbocycles. The highest BCUT2D eigenvalue weighted by Gasteiger charge is 2.37. The number of thiophene rings is 1. The second kappa shape index (κ2) is 7.70. The van der Waals surface area contributed by atoms with Gasteiger partial charge in [-0.25, -0.2) is 12.8 Å². The number of hydrogen-bond acceptors (Lipinski definition) is 6. The molecule has 0 spiro atoms. The van der Waals surface area contributed by atoms with Gasteiger partial charge in [0.2, 0.25) is 5.91 Å². The number of sulfonamides is 1. The summed E-state index contributed by atoms with van der Waals surface area (Å²) in [6, 6.07) is 3.85. The van der Waals surface area contributed by atoms with Crippen LogP contribution in [0.3, 0.4) is 0 Å². The number of benzene rings is 1. The van der Waals surface area contributed by atoms with E-state index in [1.807, 2.05) is 0 Å². The van der Waals surface area contributed by atoms with Crippen LogP contribution >= 0.6 is 22.9 Å². The summed E-state index contributed by atoms with van der Waals surface area (Å²) in [5.74, 6) is -3.77. The Balaban J connectivity index is 2.73. The minimum atomic E-state index is -4.61. The Morgan fingerprint density at radius 2 is 2.04 bits per heavy atom. The van der Waals surface area contributed by atoms with Crippen LogP contribution in [0.15, 0.2) is 34.5 Å². The summed E-state index contributed by atoms with van der Waals surface area (Å²) in [6.07, 6.45) is 0. The predicted molar refractivity (Wildman–Crippen MR) is 95.2 cm³/mol. The van der Waals surface area contributed by atoms with E-state index in [9.17, 15) is 27.5 Å². The third-order valence-electron chi connectivity index (χ3n) is 3.40. The molecule has 0 aliphatic heterocycles. The quantitative estimate of drug-likeness (QED) is 0.740. The molecule has 0 bridgehead atoms. The van der Waals surface area contributed by atoms with Crippen molar-refractivity contribution in [2.45, 2.75) is 11.8 Å². The van der Waals surface area contributed by atoms with E-state index in [0.29, 0.717) is 4.31 Å². The van der Waals surface area contributed by atoms with Gasteiger partial charge in [-0.2, -0.15) is 4.31 Å². The molecule has 2 amide bonds. The second-order valence-corrected chi connectivity index (χ2v) is 8.33. The summed E-state index contributed by atoms with van der Waals surface area (Å²) >= 11 is 6.64. The van der Waals surface area contributed by atoms with Gasteiger partial charge in [-0.1, -0.05) is 18.5 Å². The van der Waals surface area contributed by atoms with Crippen LogP contribution in [0.25, 0.3) is 0 Å². The molecule has 3 N–H and O–H groups in total. The molecule has 1 heterocycles. The number of rotatable bonds is 6. The normalized spacial score (nSPS) is 12.6. The number of hydrogen-bond donors (Lipinski definition) is 2. The minimum Gasteiger partial charge on any atom is -0.396 e. The van der Waals surface area contributed by atoms with Crippen LogP contribution in [0.5, 0.6) is 0 Å². The maximum atomic E-state index is 13.3. The predicted octanol–water partition coefficient (Wildman–Crippen LogP) is 1.99. The first kappa shape index (κ1) is 20.3. The van der Waals surface area contributed by atoms with Crippen LogP contribution in [-0.2, 0) is 14.8 Å². The molecule has 11 heteroatoms. The van der Waals surface area contributed by atoms with E-state index in [1.165, 1.54) is 18.4 Å². The molecule has 1 unspecified atom stereocenters. The monoisotopic (exact) mass is 420 g/mol. The molecule has 0 fully saturated rings.